The van der Waals surface area contributed by atoms with Gasteiger partial charge in [-0.3, -0.25) is 0 Å². The van der Waals surface area contributed by atoms with E-state index < -0.39 is 0 Å². The summed E-state index contributed by atoms with van der Waals surface area (Å²) in [6.45, 7) is 4.16. The number of hydrogen-bond donors (Lipinski definition) is 0. The van der Waals surface area contributed by atoms with Crippen LogP contribution in [-0.2, 0) is 0 Å². The molecule has 0 bridgehead atoms. The number of aryl methyl sites for hydroxylation is 2. The van der Waals surface area contributed by atoms with E-state index in [1.165, 1.54) is 30.4 Å². The van der Waals surface area contributed by atoms with E-state index in [4.69, 9.17) is 16.6 Å². The number of aromatic nitrogens is 2. The Kier molecular flexibility index (Phi) is 2.55. The smallest absolute Gasteiger partial charge is 0.140 e. The third kappa shape index (κ3) is 1.81. The van der Waals surface area contributed by atoms with Gasteiger partial charge in [-0.05, 0) is 38.3 Å². The Morgan fingerprint density at radius 1 is 1.18 bits per heavy atom. The van der Waals surface area contributed by atoms with E-state index in [9.17, 15) is 0 Å². The number of fused-ring (bicyclic) bond motifs is 1. The van der Waals surface area contributed by atoms with Crippen LogP contribution in [0.3, 0.4) is 0 Å². The molecule has 1 heterocycles. The van der Waals surface area contributed by atoms with Crippen molar-refractivity contribution in [3.8, 4) is 0 Å². The molecule has 1 aliphatic carbocycles. The molecule has 0 aliphatic heterocycles. The molecule has 0 amide bonds. The fourth-order valence-corrected chi connectivity index (χ4v) is 2.65. The molecule has 2 nitrogen and oxygen atoms in total. The summed E-state index contributed by atoms with van der Waals surface area (Å²) in [5.41, 5.74) is 3.40. The van der Waals surface area contributed by atoms with Crippen molar-refractivity contribution in [2.24, 2.45) is 0 Å². The number of benzene rings is 1. The quantitative estimate of drug-likeness (QED) is 0.706. The fraction of sp³-hybridized carbons (Fsp3) is 0.429. The SMILES string of the molecule is Cc1cc(C)c2nc(C3CCC3)nc(Cl)c2c1. The van der Waals surface area contributed by atoms with Gasteiger partial charge in [-0.1, -0.05) is 29.7 Å². The van der Waals surface area contributed by atoms with Gasteiger partial charge >= 0.3 is 0 Å². The van der Waals surface area contributed by atoms with Gasteiger partial charge in [0.05, 0.1) is 5.52 Å². The Morgan fingerprint density at radius 3 is 2.59 bits per heavy atom. The molecule has 0 atom stereocenters. The monoisotopic (exact) mass is 246 g/mol. The molecule has 3 rings (SSSR count). The molecule has 1 saturated carbocycles. The highest BCUT2D eigenvalue weighted by atomic mass is 35.5. The molecule has 0 spiro atoms. The van der Waals surface area contributed by atoms with Crippen LogP contribution in [0.5, 0.6) is 0 Å². The summed E-state index contributed by atoms with van der Waals surface area (Å²) >= 11 is 6.28. The standard InChI is InChI=1S/C14H15ClN2/c1-8-6-9(2)12-11(7-8)13(15)17-14(16-12)10-4-3-5-10/h6-7,10H,3-5H2,1-2H3. The minimum atomic E-state index is 0.526. The first kappa shape index (κ1) is 11.0. The maximum atomic E-state index is 6.28. The van der Waals surface area contributed by atoms with E-state index in [0.29, 0.717) is 11.1 Å². The first-order chi connectivity index (χ1) is 8.15. The summed E-state index contributed by atoms with van der Waals surface area (Å²) in [4.78, 5) is 9.16. The van der Waals surface area contributed by atoms with E-state index in [0.717, 1.165) is 16.7 Å². The Morgan fingerprint density at radius 2 is 1.94 bits per heavy atom. The lowest BCUT2D eigenvalue weighted by Crippen LogP contribution is -2.13. The van der Waals surface area contributed by atoms with Crippen molar-refractivity contribution in [2.75, 3.05) is 0 Å². The second kappa shape index (κ2) is 3.95. The predicted molar refractivity (Wildman–Crippen MR) is 70.6 cm³/mol. The van der Waals surface area contributed by atoms with Gasteiger partial charge in [-0.25, -0.2) is 9.97 Å². The molecule has 1 aliphatic rings. The van der Waals surface area contributed by atoms with Gasteiger partial charge < -0.3 is 0 Å². The summed E-state index contributed by atoms with van der Waals surface area (Å²) in [7, 11) is 0. The average molecular weight is 247 g/mol. The molecule has 88 valence electrons. The Hall–Kier alpha value is -1.15. The fourth-order valence-electron chi connectivity index (χ4n) is 2.42. The Labute approximate surface area is 106 Å². The maximum absolute atomic E-state index is 6.28. The number of hydrogen-bond acceptors (Lipinski definition) is 2. The van der Waals surface area contributed by atoms with Gasteiger partial charge in [-0.2, -0.15) is 0 Å². The molecule has 0 unspecified atom stereocenters. The van der Waals surface area contributed by atoms with Crippen molar-refractivity contribution in [1.29, 1.82) is 0 Å². The zero-order valence-corrected chi connectivity index (χ0v) is 10.9. The zero-order chi connectivity index (χ0) is 12.0. The molecule has 2 aromatic rings. The Balaban J connectivity index is 2.24. The van der Waals surface area contributed by atoms with Gasteiger partial charge in [0, 0.05) is 11.3 Å². The van der Waals surface area contributed by atoms with Crippen LogP contribution in [0.1, 0.15) is 42.1 Å². The molecule has 1 aromatic heterocycles. The van der Waals surface area contributed by atoms with Crippen molar-refractivity contribution in [3.63, 3.8) is 0 Å². The first-order valence-electron chi connectivity index (χ1n) is 6.09. The lowest BCUT2D eigenvalue weighted by Gasteiger charge is -2.24. The lowest BCUT2D eigenvalue weighted by molar-refractivity contribution is 0.402. The van der Waals surface area contributed by atoms with Crippen LogP contribution >= 0.6 is 11.6 Å². The second-order valence-electron chi connectivity index (χ2n) is 4.98. The van der Waals surface area contributed by atoms with E-state index in [-0.39, 0.29) is 0 Å². The van der Waals surface area contributed by atoms with Crippen molar-refractivity contribution >= 4 is 22.5 Å². The van der Waals surface area contributed by atoms with Crippen molar-refractivity contribution in [1.82, 2.24) is 9.97 Å². The van der Waals surface area contributed by atoms with E-state index in [1.807, 2.05) is 0 Å². The maximum Gasteiger partial charge on any atom is 0.140 e. The van der Waals surface area contributed by atoms with Crippen molar-refractivity contribution in [2.45, 2.75) is 39.0 Å². The third-order valence-electron chi connectivity index (χ3n) is 3.58. The first-order valence-corrected chi connectivity index (χ1v) is 6.47. The zero-order valence-electron chi connectivity index (χ0n) is 10.1. The predicted octanol–water partition coefficient (Wildman–Crippen LogP) is 4.17. The normalized spacial score (nSPS) is 16.2. The highest BCUT2D eigenvalue weighted by molar-refractivity contribution is 6.34. The van der Waals surface area contributed by atoms with Crippen molar-refractivity contribution < 1.29 is 0 Å². The number of nitrogens with zero attached hydrogens (tertiary/aromatic N) is 2. The molecule has 17 heavy (non-hydrogen) atoms. The third-order valence-corrected chi connectivity index (χ3v) is 3.86. The van der Waals surface area contributed by atoms with Gasteiger partial charge in [0.15, 0.2) is 0 Å². The van der Waals surface area contributed by atoms with Gasteiger partial charge in [-0.15, -0.1) is 0 Å². The molecule has 0 saturated heterocycles. The van der Waals surface area contributed by atoms with Crippen LogP contribution in [0.25, 0.3) is 10.9 Å². The van der Waals surface area contributed by atoms with Crippen LogP contribution in [0, 0.1) is 13.8 Å². The second-order valence-corrected chi connectivity index (χ2v) is 5.34. The van der Waals surface area contributed by atoms with Gasteiger partial charge in [0.1, 0.15) is 11.0 Å². The molecule has 1 aromatic carbocycles. The highest BCUT2D eigenvalue weighted by Crippen LogP contribution is 2.36. The summed E-state index contributed by atoms with van der Waals surface area (Å²) in [5, 5.41) is 1.58. The van der Waals surface area contributed by atoms with Crippen LogP contribution in [0.4, 0.5) is 0 Å². The molecular weight excluding hydrogens is 232 g/mol. The summed E-state index contributed by atoms with van der Waals surface area (Å²) in [6.07, 6.45) is 3.69. The number of rotatable bonds is 1. The van der Waals surface area contributed by atoms with E-state index in [2.05, 4.69) is 31.0 Å². The summed E-state index contributed by atoms with van der Waals surface area (Å²) in [6, 6.07) is 4.21. The van der Waals surface area contributed by atoms with Crippen LogP contribution < -0.4 is 0 Å². The topological polar surface area (TPSA) is 25.8 Å². The molecular formula is C14H15ClN2. The van der Waals surface area contributed by atoms with Crippen LogP contribution in [0.15, 0.2) is 12.1 Å². The largest absolute Gasteiger partial charge is 0.232 e. The molecule has 3 heteroatoms. The minimum Gasteiger partial charge on any atom is -0.232 e. The van der Waals surface area contributed by atoms with Crippen LogP contribution in [0.2, 0.25) is 5.15 Å². The highest BCUT2D eigenvalue weighted by Gasteiger charge is 2.23. The van der Waals surface area contributed by atoms with Gasteiger partial charge in [0.25, 0.3) is 0 Å². The summed E-state index contributed by atoms with van der Waals surface area (Å²) < 4.78 is 0. The van der Waals surface area contributed by atoms with Crippen molar-refractivity contribution in [3.05, 3.63) is 34.2 Å². The minimum absolute atomic E-state index is 0.526. The molecule has 0 N–H and O–H groups in total. The summed E-state index contributed by atoms with van der Waals surface area (Å²) in [5.74, 6) is 1.46. The molecule has 1 fully saturated rings. The molecule has 0 radical (unpaired) electrons. The van der Waals surface area contributed by atoms with Crippen LogP contribution in [-0.4, -0.2) is 9.97 Å². The Bertz CT molecular complexity index is 588. The van der Waals surface area contributed by atoms with E-state index in [1.54, 1.807) is 0 Å². The lowest BCUT2D eigenvalue weighted by atomic mass is 9.85. The van der Waals surface area contributed by atoms with E-state index >= 15 is 0 Å². The van der Waals surface area contributed by atoms with Gasteiger partial charge in [0.2, 0.25) is 0 Å². The number of halogens is 1. The average Bonchev–Trinajstić information content (AvgIpc) is 2.17.